The van der Waals surface area contributed by atoms with Crippen molar-refractivity contribution in [2.75, 3.05) is 0 Å². The second kappa shape index (κ2) is 5.36. The number of benzene rings is 1. The number of hydrogen-bond donors (Lipinski definition) is 0. The zero-order chi connectivity index (χ0) is 14.1. The summed E-state index contributed by atoms with van der Waals surface area (Å²) >= 11 is 0. The third-order valence-electron chi connectivity index (χ3n) is 4.62. The highest BCUT2D eigenvalue weighted by Gasteiger charge is 2.21. The molecule has 1 aliphatic carbocycles. The molecule has 21 heavy (non-hydrogen) atoms. The van der Waals surface area contributed by atoms with Crippen molar-refractivity contribution < 1.29 is 0 Å². The average molecular weight is 276 g/mol. The molecule has 4 rings (SSSR count). The van der Waals surface area contributed by atoms with E-state index in [1.807, 2.05) is 6.20 Å². The van der Waals surface area contributed by atoms with Crippen LogP contribution in [0, 0.1) is 0 Å². The Kier molecular flexibility index (Phi) is 3.23. The van der Waals surface area contributed by atoms with Gasteiger partial charge in [0.1, 0.15) is 0 Å². The minimum Gasteiger partial charge on any atom is -0.336 e. The first-order chi connectivity index (χ1) is 10.4. The van der Waals surface area contributed by atoms with Crippen molar-refractivity contribution in [3.8, 4) is 11.3 Å². The van der Waals surface area contributed by atoms with E-state index < -0.39 is 0 Å². The quantitative estimate of drug-likeness (QED) is 0.628. The van der Waals surface area contributed by atoms with Crippen molar-refractivity contribution in [1.82, 2.24) is 9.55 Å². The summed E-state index contributed by atoms with van der Waals surface area (Å²) in [6.07, 6.45) is 8.55. The van der Waals surface area contributed by atoms with E-state index in [2.05, 4.69) is 58.1 Å². The lowest BCUT2D eigenvalue weighted by atomic mass is 9.94. The van der Waals surface area contributed by atoms with E-state index in [4.69, 9.17) is 0 Å². The van der Waals surface area contributed by atoms with Gasteiger partial charge in [0.15, 0.2) is 0 Å². The third-order valence-corrected chi connectivity index (χ3v) is 4.62. The Labute approximate surface area is 125 Å². The van der Waals surface area contributed by atoms with Crippen LogP contribution in [-0.2, 0) is 0 Å². The van der Waals surface area contributed by atoms with Gasteiger partial charge in [-0.25, -0.2) is 0 Å². The molecule has 2 nitrogen and oxygen atoms in total. The monoisotopic (exact) mass is 276 g/mol. The molecule has 3 aromatic rings. The lowest BCUT2D eigenvalue weighted by Gasteiger charge is -2.26. The number of rotatable bonds is 2. The Hall–Kier alpha value is -2.09. The molecule has 0 spiro atoms. The van der Waals surface area contributed by atoms with Crippen LogP contribution in [0.3, 0.4) is 0 Å². The minimum absolute atomic E-state index is 0.621. The first kappa shape index (κ1) is 12.6. The molecule has 0 unspecified atom stereocenters. The van der Waals surface area contributed by atoms with E-state index in [-0.39, 0.29) is 0 Å². The summed E-state index contributed by atoms with van der Waals surface area (Å²) in [4.78, 5) is 4.56. The van der Waals surface area contributed by atoms with Crippen molar-refractivity contribution in [1.29, 1.82) is 0 Å². The van der Waals surface area contributed by atoms with Crippen LogP contribution in [0.15, 0.2) is 54.7 Å². The fourth-order valence-corrected chi connectivity index (χ4v) is 3.62. The smallest absolute Gasteiger partial charge is 0.0887 e. The summed E-state index contributed by atoms with van der Waals surface area (Å²) in [6, 6.07) is 17.8. The summed E-state index contributed by atoms with van der Waals surface area (Å²) in [5.41, 5.74) is 5.00. The molecule has 0 N–H and O–H groups in total. The van der Waals surface area contributed by atoms with Gasteiger partial charge in [-0.3, -0.25) is 4.98 Å². The van der Waals surface area contributed by atoms with Crippen LogP contribution in [0.25, 0.3) is 22.3 Å². The summed E-state index contributed by atoms with van der Waals surface area (Å²) in [6.45, 7) is 0. The molecule has 0 bridgehead atoms. The number of fused-ring (bicyclic) bond motifs is 1. The molecule has 0 saturated heterocycles. The minimum atomic E-state index is 0.621. The van der Waals surface area contributed by atoms with Crippen molar-refractivity contribution in [2.24, 2.45) is 0 Å². The summed E-state index contributed by atoms with van der Waals surface area (Å²) in [5.74, 6) is 0. The molecule has 2 heterocycles. The predicted octanol–water partition coefficient (Wildman–Crippen LogP) is 5.21. The lowest BCUT2D eigenvalue weighted by molar-refractivity contribution is 0.363. The molecule has 1 aromatic carbocycles. The maximum Gasteiger partial charge on any atom is 0.0887 e. The molecule has 1 saturated carbocycles. The zero-order valence-corrected chi connectivity index (χ0v) is 12.2. The summed E-state index contributed by atoms with van der Waals surface area (Å²) in [7, 11) is 0. The van der Waals surface area contributed by atoms with Gasteiger partial charge in [-0.2, -0.15) is 0 Å². The zero-order valence-electron chi connectivity index (χ0n) is 12.2. The first-order valence-electron chi connectivity index (χ1n) is 7.95. The van der Waals surface area contributed by atoms with Gasteiger partial charge < -0.3 is 4.57 Å². The largest absolute Gasteiger partial charge is 0.336 e. The molecule has 0 atom stereocenters. The second-order valence-electron chi connectivity index (χ2n) is 5.97. The van der Waals surface area contributed by atoms with Gasteiger partial charge in [0, 0.05) is 12.2 Å². The average Bonchev–Trinajstić information content (AvgIpc) is 2.96. The summed E-state index contributed by atoms with van der Waals surface area (Å²) < 4.78 is 2.54. The molecular weight excluding hydrogens is 256 g/mol. The van der Waals surface area contributed by atoms with Crippen LogP contribution in [0.1, 0.15) is 38.1 Å². The Balaban J connectivity index is 1.92. The Morgan fingerprint density at radius 1 is 0.905 bits per heavy atom. The van der Waals surface area contributed by atoms with Crippen LogP contribution in [0.5, 0.6) is 0 Å². The molecule has 0 amide bonds. The van der Waals surface area contributed by atoms with Gasteiger partial charge in [-0.05, 0) is 36.6 Å². The van der Waals surface area contributed by atoms with Gasteiger partial charge in [-0.15, -0.1) is 0 Å². The van der Waals surface area contributed by atoms with Crippen molar-refractivity contribution in [2.45, 2.75) is 38.1 Å². The highest BCUT2D eigenvalue weighted by Crippen LogP contribution is 2.36. The number of nitrogens with zero attached hydrogens (tertiary/aromatic N) is 2. The van der Waals surface area contributed by atoms with Crippen molar-refractivity contribution >= 4 is 11.0 Å². The van der Waals surface area contributed by atoms with E-state index in [0.717, 1.165) is 5.52 Å². The van der Waals surface area contributed by atoms with Gasteiger partial charge in [0.2, 0.25) is 0 Å². The van der Waals surface area contributed by atoms with Crippen LogP contribution >= 0.6 is 0 Å². The number of hydrogen-bond acceptors (Lipinski definition) is 1. The van der Waals surface area contributed by atoms with Gasteiger partial charge in [0.25, 0.3) is 0 Å². The van der Waals surface area contributed by atoms with Gasteiger partial charge in [0.05, 0.1) is 16.7 Å². The molecule has 0 aliphatic heterocycles. The molecule has 2 heteroatoms. The van der Waals surface area contributed by atoms with Crippen LogP contribution in [0.4, 0.5) is 0 Å². The first-order valence-corrected chi connectivity index (χ1v) is 7.95. The maximum atomic E-state index is 4.56. The standard InChI is InChI=1S/C19H20N2/c1-3-8-15(9-4-1)19-14-17-18(12-7-13-20-17)21(19)16-10-5-2-6-11-16/h1,3-4,7-9,12-14,16H,2,5-6,10-11H2. The van der Waals surface area contributed by atoms with Crippen LogP contribution in [0.2, 0.25) is 0 Å². The van der Waals surface area contributed by atoms with Crippen molar-refractivity contribution in [3.63, 3.8) is 0 Å². The fraction of sp³-hybridized carbons (Fsp3) is 0.316. The highest BCUT2D eigenvalue weighted by atomic mass is 15.0. The topological polar surface area (TPSA) is 17.8 Å². The van der Waals surface area contributed by atoms with E-state index in [1.54, 1.807) is 0 Å². The van der Waals surface area contributed by atoms with Crippen LogP contribution < -0.4 is 0 Å². The predicted molar refractivity (Wildman–Crippen MR) is 87.3 cm³/mol. The fourth-order valence-electron chi connectivity index (χ4n) is 3.62. The lowest BCUT2D eigenvalue weighted by Crippen LogP contribution is -2.13. The number of pyridine rings is 1. The Bertz CT molecular complexity index is 737. The normalized spacial score (nSPS) is 16.4. The molecule has 1 fully saturated rings. The van der Waals surface area contributed by atoms with Gasteiger partial charge >= 0.3 is 0 Å². The van der Waals surface area contributed by atoms with Gasteiger partial charge in [-0.1, -0.05) is 49.6 Å². The highest BCUT2D eigenvalue weighted by molar-refractivity contribution is 5.84. The Morgan fingerprint density at radius 3 is 2.52 bits per heavy atom. The molecule has 106 valence electrons. The van der Waals surface area contributed by atoms with Crippen molar-refractivity contribution in [3.05, 3.63) is 54.7 Å². The van der Waals surface area contributed by atoms with E-state index in [9.17, 15) is 0 Å². The Morgan fingerprint density at radius 2 is 1.71 bits per heavy atom. The molecule has 1 aliphatic rings. The maximum absolute atomic E-state index is 4.56. The van der Waals surface area contributed by atoms with E-state index in [0.29, 0.717) is 6.04 Å². The van der Waals surface area contributed by atoms with Crippen LogP contribution in [-0.4, -0.2) is 9.55 Å². The molecule has 0 radical (unpaired) electrons. The third kappa shape index (κ3) is 2.25. The SMILES string of the molecule is c1ccc(-c2cc3ncccc3n2C2CCCCC2)cc1. The number of aromatic nitrogens is 2. The van der Waals surface area contributed by atoms with E-state index in [1.165, 1.54) is 48.9 Å². The molecular formula is C19H20N2. The summed E-state index contributed by atoms with van der Waals surface area (Å²) in [5, 5.41) is 0. The molecule has 2 aromatic heterocycles. The van der Waals surface area contributed by atoms with E-state index >= 15 is 0 Å². The second-order valence-corrected chi connectivity index (χ2v) is 5.97.